The summed E-state index contributed by atoms with van der Waals surface area (Å²) in [5, 5.41) is 2.13. The second-order valence-electron chi connectivity index (χ2n) is 3.33. The summed E-state index contributed by atoms with van der Waals surface area (Å²) in [6.45, 7) is 0. The molecule has 0 fully saturated rings. The highest BCUT2D eigenvalue weighted by molar-refractivity contribution is 6.35. The molecule has 15 heavy (non-hydrogen) atoms. The van der Waals surface area contributed by atoms with Gasteiger partial charge in [0.15, 0.2) is 0 Å². The predicted octanol–water partition coefficient (Wildman–Crippen LogP) is 3.51. The van der Waals surface area contributed by atoms with Crippen LogP contribution in [-0.4, -0.2) is 9.97 Å². The van der Waals surface area contributed by atoms with E-state index < -0.39 is 0 Å². The van der Waals surface area contributed by atoms with E-state index in [9.17, 15) is 4.39 Å². The number of rotatable bonds is 0. The lowest BCUT2D eigenvalue weighted by atomic mass is 10.2. The normalized spacial score (nSPS) is 11.3. The van der Waals surface area contributed by atoms with Crippen LogP contribution in [0.5, 0.6) is 0 Å². The Labute approximate surface area is 89.7 Å². The van der Waals surface area contributed by atoms with E-state index in [1.807, 2.05) is 6.07 Å². The van der Waals surface area contributed by atoms with Gasteiger partial charge in [-0.15, -0.1) is 0 Å². The largest absolute Gasteiger partial charge is 0.361 e. The first-order valence-corrected chi connectivity index (χ1v) is 4.85. The lowest BCUT2D eigenvalue weighted by Gasteiger charge is -2.01. The molecule has 1 aromatic carbocycles. The number of hydrogen-bond donors (Lipinski definition) is 1. The topological polar surface area (TPSA) is 28.7 Å². The molecular weight excluding hydrogens is 215 g/mol. The number of H-pyrrole nitrogens is 1. The number of halogens is 2. The third-order valence-corrected chi connectivity index (χ3v) is 2.71. The third kappa shape index (κ3) is 1.20. The summed E-state index contributed by atoms with van der Waals surface area (Å²) in [5.41, 5.74) is 1.46. The van der Waals surface area contributed by atoms with Crippen LogP contribution < -0.4 is 0 Å². The van der Waals surface area contributed by atoms with E-state index in [1.54, 1.807) is 12.3 Å². The number of benzene rings is 1. The highest BCUT2D eigenvalue weighted by Crippen LogP contribution is 2.28. The van der Waals surface area contributed by atoms with Gasteiger partial charge in [0.25, 0.3) is 0 Å². The molecule has 0 saturated heterocycles. The third-order valence-electron chi connectivity index (χ3n) is 2.42. The minimum atomic E-state index is -0.308. The summed E-state index contributed by atoms with van der Waals surface area (Å²) in [6.07, 6.45) is 1.79. The Bertz CT molecular complexity index is 660. The standard InChI is InChI=1S/C11H6ClFN2/c12-11-8-3-4-14-10(8)7-2-1-6(13)5-9(7)15-11/h1-5,14H. The van der Waals surface area contributed by atoms with Crippen molar-refractivity contribution in [3.05, 3.63) is 41.4 Å². The van der Waals surface area contributed by atoms with Gasteiger partial charge < -0.3 is 4.98 Å². The van der Waals surface area contributed by atoms with Crippen LogP contribution in [0, 0.1) is 5.82 Å². The zero-order valence-electron chi connectivity index (χ0n) is 7.59. The number of nitrogens with one attached hydrogen (secondary N) is 1. The molecule has 0 radical (unpaired) electrons. The molecule has 3 rings (SSSR count). The first kappa shape index (κ1) is 8.68. The molecule has 4 heteroatoms. The Morgan fingerprint density at radius 3 is 2.93 bits per heavy atom. The van der Waals surface area contributed by atoms with Crippen molar-refractivity contribution in [1.29, 1.82) is 0 Å². The number of hydrogen-bond acceptors (Lipinski definition) is 1. The number of fused-ring (bicyclic) bond motifs is 3. The van der Waals surface area contributed by atoms with Gasteiger partial charge >= 0.3 is 0 Å². The van der Waals surface area contributed by atoms with E-state index >= 15 is 0 Å². The average Bonchev–Trinajstić information content (AvgIpc) is 2.66. The molecule has 2 heterocycles. The minimum Gasteiger partial charge on any atom is -0.361 e. The lowest BCUT2D eigenvalue weighted by Crippen LogP contribution is -1.84. The number of pyridine rings is 1. The second-order valence-corrected chi connectivity index (χ2v) is 3.69. The van der Waals surface area contributed by atoms with E-state index in [-0.39, 0.29) is 5.82 Å². The lowest BCUT2D eigenvalue weighted by molar-refractivity contribution is 0.629. The van der Waals surface area contributed by atoms with Crippen molar-refractivity contribution in [3.63, 3.8) is 0 Å². The molecule has 0 saturated carbocycles. The van der Waals surface area contributed by atoms with Crippen molar-refractivity contribution >= 4 is 33.4 Å². The van der Waals surface area contributed by atoms with Gasteiger partial charge in [0, 0.05) is 23.0 Å². The quantitative estimate of drug-likeness (QED) is 0.577. The molecular formula is C11H6ClFN2. The van der Waals surface area contributed by atoms with E-state index in [0.29, 0.717) is 10.7 Å². The van der Waals surface area contributed by atoms with E-state index in [1.165, 1.54) is 12.1 Å². The van der Waals surface area contributed by atoms with Crippen LogP contribution in [0.15, 0.2) is 30.5 Å². The first-order valence-electron chi connectivity index (χ1n) is 4.47. The van der Waals surface area contributed by atoms with Gasteiger partial charge in [-0.2, -0.15) is 0 Å². The summed E-state index contributed by atoms with van der Waals surface area (Å²) in [6, 6.07) is 6.35. The molecule has 2 nitrogen and oxygen atoms in total. The van der Waals surface area contributed by atoms with Gasteiger partial charge in [-0.05, 0) is 18.2 Å². The molecule has 0 aliphatic heterocycles. The molecule has 2 aromatic heterocycles. The second kappa shape index (κ2) is 2.94. The minimum absolute atomic E-state index is 0.308. The maximum absolute atomic E-state index is 13.0. The Morgan fingerprint density at radius 1 is 1.20 bits per heavy atom. The fourth-order valence-corrected chi connectivity index (χ4v) is 1.99. The molecule has 1 N–H and O–H groups in total. The average molecular weight is 221 g/mol. The highest BCUT2D eigenvalue weighted by atomic mass is 35.5. The Kier molecular flexibility index (Phi) is 1.70. The smallest absolute Gasteiger partial charge is 0.139 e. The van der Waals surface area contributed by atoms with Gasteiger partial charge in [-0.25, -0.2) is 9.37 Å². The first-order chi connectivity index (χ1) is 7.25. The summed E-state index contributed by atoms with van der Waals surface area (Å²) in [5.74, 6) is -0.308. The van der Waals surface area contributed by atoms with Gasteiger partial charge in [0.1, 0.15) is 11.0 Å². The summed E-state index contributed by atoms with van der Waals surface area (Å²) in [4.78, 5) is 7.22. The Balaban J connectivity index is 2.60. The van der Waals surface area contributed by atoms with Gasteiger partial charge in [0.2, 0.25) is 0 Å². The summed E-state index contributed by atoms with van der Waals surface area (Å²) >= 11 is 5.98. The van der Waals surface area contributed by atoms with Crippen molar-refractivity contribution in [2.24, 2.45) is 0 Å². The highest BCUT2D eigenvalue weighted by Gasteiger charge is 2.07. The van der Waals surface area contributed by atoms with Crippen LogP contribution in [-0.2, 0) is 0 Å². The zero-order valence-corrected chi connectivity index (χ0v) is 8.35. The molecule has 0 bridgehead atoms. The number of nitrogens with zero attached hydrogens (tertiary/aromatic N) is 1. The van der Waals surface area contributed by atoms with Crippen molar-refractivity contribution in [1.82, 2.24) is 9.97 Å². The summed E-state index contributed by atoms with van der Waals surface area (Å²) < 4.78 is 13.0. The van der Waals surface area contributed by atoms with E-state index in [4.69, 9.17) is 11.6 Å². The van der Waals surface area contributed by atoms with Crippen molar-refractivity contribution in [2.75, 3.05) is 0 Å². The molecule has 0 atom stereocenters. The molecule has 0 unspecified atom stereocenters. The van der Waals surface area contributed by atoms with E-state index in [2.05, 4.69) is 9.97 Å². The number of aromatic amines is 1. The molecule has 74 valence electrons. The maximum Gasteiger partial charge on any atom is 0.139 e. The molecule has 0 amide bonds. The fourth-order valence-electron chi connectivity index (χ4n) is 1.74. The monoisotopic (exact) mass is 220 g/mol. The van der Waals surface area contributed by atoms with Crippen LogP contribution in [0.2, 0.25) is 5.15 Å². The van der Waals surface area contributed by atoms with Crippen molar-refractivity contribution < 1.29 is 4.39 Å². The molecule has 0 aliphatic rings. The van der Waals surface area contributed by atoms with Crippen molar-refractivity contribution in [2.45, 2.75) is 0 Å². The summed E-state index contributed by atoms with van der Waals surface area (Å²) in [7, 11) is 0. The van der Waals surface area contributed by atoms with E-state index in [0.717, 1.165) is 16.3 Å². The van der Waals surface area contributed by atoms with Crippen LogP contribution in [0.1, 0.15) is 0 Å². The predicted molar refractivity (Wildman–Crippen MR) is 58.6 cm³/mol. The Morgan fingerprint density at radius 2 is 2.07 bits per heavy atom. The SMILES string of the molecule is Fc1ccc2c(c1)nc(Cl)c1cc[nH]c12. The Hall–Kier alpha value is -1.61. The number of aromatic nitrogens is 2. The maximum atomic E-state index is 13.0. The van der Waals surface area contributed by atoms with Gasteiger partial charge in [-0.1, -0.05) is 11.6 Å². The van der Waals surface area contributed by atoms with Crippen LogP contribution in [0.4, 0.5) is 4.39 Å². The van der Waals surface area contributed by atoms with Crippen LogP contribution in [0.25, 0.3) is 21.8 Å². The zero-order chi connectivity index (χ0) is 10.4. The molecule has 3 aromatic rings. The van der Waals surface area contributed by atoms with Crippen LogP contribution in [0.3, 0.4) is 0 Å². The van der Waals surface area contributed by atoms with Crippen molar-refractivity contribution in [3.8, 4) is 0 Å². The van der Waals surface area contributed by atoms with Crippen LogP contribution >= 0.6 is 11.6 Å². The van der Waals surface area contributed by atoms with Gasteiger partial charge in [0.05, 0.1) is 11.0 Å². The fraction of sp³-hybridized carbons (Fsp3) is 0. The molecule has 0 spiro atoms. The van der Waals surface area contributed by atoms with Gasteiger partial charge in [-0.3, -0.25) is 0 Å². The molecule has 0 aliphatic carbocycles.